The zero-order valence-electron chi connectivity index (χ0n) is 16.0. The first-order valence-electron chi connectivity index (χ1n) is 9.48. The maximum absolute atomic E-state index is 12.5. The molecule has 4 rings (SSSR count). The number of nitrogens with zero attached hydrogens (tertiary/aromatic N) is 1. The molecule has 2 aromatic rings. The van der Waals surface area contributed by atoms with E-state index < -0.39 is 23.4 Å². The monoisotopic (exact) mass is 395 g/mol. The molecule has 0 radical (unpaired) electrons. The number of hydrogen-bond donors (Lipinski definition) is 1. The Hall–Kier alpha value is -3.35. The van der Waals surface area contributed by atoms with Gasteiger partial charge in [0, 0.05) is 5.92 Å². The van der Waals surface area contributed by atoms with Gasteiger partial charge in [0.15, 0.2) is 5.41 Å². The molecule has 29 heavy (non-hydrogen) atoms. The van der Waals surface area contributed by atoms with Gasteiger partial charge >= 0.3 is 18.0 Å². The number of carbonyl (C=O) groups excluding carboxylic acids is 2. The van der Waals surface area contributed by atoms with Gasteiger partial charge < -0.3 is 19.5 Å². The summed E-state index contributed by atoms with van der Waals surface area (Å²) in [6, 6.07) is 16.0. The smallest absolute Gasteiger partial charge is 0.409 e. The number of rotatable bonds is 5. The van der Waals surface area contributed by atoms with Gasteiger partial charge in [0.2, 0.25) is 0 Å². The number of benzene rings is 2. The first-order chi connectivity index (χ1) is 14.0. The van der Waals surface area contributed by atoms with Gasteiger partial charge in [0.25, 0.3) is 0 Å². The molecule has 1 aliphatic heterocycles. The minimum atomic E-state index is -1.71. The van der Waals surface area contributed by atoms with Crippen LogP contribution in [0.25, 0.3) is 11.1 Å². The van der Waals surface area contributed by atoms with Gasteiger partial charge in [-0.3, -0.25) is 9.59 Å². The first-order valence-corrected chi connectivity index (χ1v) is 9.48. The summed E-state index contributed by atoms with van der Waals surface area (Å²) in [5.41, 5.74) is 2.73. The fraction of sp³-hybridized carbons (Fsp3) is 0.318. The summed E-state index contributed by atoms with van der Waals surface area (Å²) in [5.74, 6) is -2.20. The maximum Gasteiger partial charge on any atom is 0.409 e. The fourth-order valence-electron chi connectivity index (χ4n) is 4.04. The van der Waals surface area contributed by atoms with Crippen LogP contribution in [0, 0.1) is 5.41 Å². The van der Waals surface area contributed by atoms with Crippen LogP contribution in [0.2, 0.25) is 0 Å². The van der Waals surface area contributed by atoms with Gasteiger partial charge in [0.1, 0.15) is 6.61 Å². The van der Waals surface area contributed by atoms with Crippen LogP contribution in [0.3, 0.4) is 0 Å². The second kappa shape index (κ2) is 7.24. The molecule has 0 bridgehead atoms. The van der Waals surface area contributed by atoms with Gasteiger partial charge in [-0.15, -0.1) is 0 Å². The van der Waals surface area contributed by atoms with Crippen molar-refractivity contribution in [2.24, 2.45) is 5.41 Å². The minimum absolute atomic E-state index is 0.0816. The molecule has 150 valence electrons. The van der Waals surface area contributed by atoms with Crippen LogP contribution in [0.1, 0.15) is 24.0 Å². The Morgan fingerprint density at radius 2 is 1.55 bits per heavy atom. The third-order valence-corrected chi connectivity index (χ3v) is 5.59. The molecule has 0 atom stereocenters. The molecule has 0 aromatic heterocycles. The number of fused-ring (bicyclic) bond motifs is 3. The Kier molecular flexibility index (Phi) is 4.74. The lowest BCUT2D eigenvalue weighted by molar-refractivity contribution is -0.179. The molecule has 1 fully saturated rings. The fourth-order valence-corrected chi connectivity index (χ4v) is 4.04. The normalized spacial score (nSPS) is 16.4. The molecule has 2 aliphatic rings. The van der Waals surface area contributed by atoms with E-state index >= 15 is 0 Å². The van der Waals surface area contributed by atoms with E-state index in [1.54, 1.807) is 6.92 Å². The van der Waals surface area contributed by atoms with Crippen LogP contribution in [-0.2, 0) is 19.1 Å². The van der Waals surface area contributed by atoms with Crippen molar-refractivity contribution >= 4 is 18.0 Å². The van der Waals surface area contributed by atoms with Crippen molar-refractivity contribution in [2.75, 3.05) is 26.3 Å². The highest BCUT2D eigenvalue weighted by atomic mass is 16.6. The molecule has 0 spiro atoms. The molecule has 0 saturated carbocycles. The zero-order chi connectivity index (χ0) is 20.6. The molecule has 1 heterocycles. The van der Waals surface area contributed by atoms with Crippen LogP contribution in [0.4, 0.5) is 4.79 Å². The number of carboxylic acids is 1. The maximum atomic E-state index is 12.5. The topological polar surface area (TPSA) is 93.1 Å². The molecular formula is C22H21NO6. The molecule has 1 N–H and O–H groups in total. The lowest BCUT2D eigenvalue weighted by Crippen LogP contribution is -2.66. The Morgan fingerprint density at radius 1 is 1.00 bits per heavy atom. The van der Waals surface area contributed by atoms with Crippen LogP contribution in [0.15, 0.2) is 48.5 Å². The highest BCUT2D eigenvalue weighted by molar-refractivity contribution is 6.02. The van der Waals surface area contributed by atoms with E-state index in [-0.39, 0.29) is 32.2 Å². The summed E-state index contributed by atoms with van der Waals surface area (Å²) in [7, 11) is 0. The van der Waals surface area contributed by atoms with Crippen molar-refractivity contribution in [3.05, 3.63) is 59.7 Å². The number of esters is 1. The zero-order valence-corrected chi connectivity index (χ0v) is 16.0. The summed E-state index contributed by atoms with van der Waals surface area (Å²) in [6.45, 7) is 1.33. The molecule has 1 amide bonds. The van der Waals surface area contributed by atoms with E-state index in [4.69, 9.17) is 9.47 Å². The van der Waals surface area contributed by atoms with E-state index in [1.807, 2.05) is 48.5 Å². The molecular weight excluding hydrogens is 374 g/mol. The molecule has 7 nitrogen and oxygen atoms in total. The van der Waals surface area contributed by atoms with Gasteiger partial charge in [-0.05, 0) is 29.2 Å². The van der Waals surface area contributed by atoms with E-state index in [2.05, 4.69) is 0 Å². The summed E-state index contributed by atoms with van der Waals surface area (Å²) in [5, 5.41) is 9.42. The van der Waals surface area contributed by atoms with E-state index in [1.165, 1.54) is 4.90 Å². The number of likely N-dealkylation sites (tertiary alicyclic amines) is 1. The van der Waals surface area contributed by atoms with Crippen molar-refractivity contribution in [2.45, 2.75) is 12.8 Å². The van der Waals surface area contributed by atoms with E-state index in [0.29, 0.717) is 0 Å². The Bertz CT molecular complexity index is 933. The lowest BCUT2D eigenvalue weighted by atomic mass is 9.80. The van der Waals surface area contributed by atoms with Crippen LogP contribution in [0.5, 0.6) is 0 Å². The Balaban J connectivity index is 1.44. The van der Waals surface area contributed by atoms with Gasteiger partial charge in [0.05, 0.1) is 19.7 Å². The quantitative estimate of drug-likeness (QED) is 0.618. The molecule has 2 aromatic carbocycles. The van der Waals surface area contributed by atoms with Crippen molar-refractivity contribution < 1.29 is 29.0 Å². The predicted molar refractivity (Wildman–Crippen MR) is 103 cm³/mol. The van der Waals surface area contributed by atoms with Gasteiger partial charge in [-0.2, -0.15) is 0 Å². The van der Waals surface area contributed by atoms with E-state index in [9.17, 15) is 19.5 Å². The molecule has 0 unspecified atom stereocenters. The number of carboxylic acid groups (broad SMARTS) is 1. The Morgan fingerprint density at radius 3 is 2.07 bits per heavy atom. The lowest BCUT2D eigenvalue weighted by Gasteiger charge is -2.43. The van der Waals surface area contributed by atoms with Gasteiger partial charge in [-0.25, -0.2) is 4.79 Å². The average Bonchev–Trinajstić information content (AvgIpc) is 2.99. The highest BCUT2D eigenvalue weighted by Crippen LogP contribution is 2.44. The van der Waals surface area contributed by atoms with E-state index in [0.717, 1.165) is 22.3 Å². The Labute approximate surface area is 167 Å². The van der Waals surface area contributed by atoms with Crippen molar-refractivity contribution in [3.63, 3.8) is 0 Å². The second-order valence-electron chi connectivity index (χ2n) is 7.27. The molecule has 1 aliphatic carbocycles. The number of ether oxygens (including phenoxy) is 2. The van der Waals surface area contributed by atoms with Crippen molar-refractivity contribution in [1.29, 1.82) is 0 Å². The summed E-state index contributed by atoms with van der Waals surface area (Å²) < 4.78 is 10.4. The summed E-state index contributed by atoms with van der Waals surface area (Å²) in [6.07, 6.45) is -0.631. The van der Waals surface area contributed by atoms with Crippen molar-refractivity contribution in [3.8, 4) is 11.1 Å². The number of hydrogen-bond acceptors (Lipinski definition) is 5. The third kappa shape index (κ3) is 3.03. The molecule has 1 saturated heterocycles. The standard InChI is InChI=1S/C22H21NO6/c1-2-28-20(26)22(19(24)25)12-23(13-22)21(27)29-11-18-16-9-5-3-7-14(16)15-8-4-6-10-17(15)18/h3-10,18H,2,11-13H2,1H3,(H,24,25). The summed E-state index contributed by atoms with van der Waals surface area (Å²) >= 11 is 0. The molecule has 7 heteroatoms. The SMILES string of the molecule is CCOC(=O)C1(C(=O)O)CN(C(=O)OCC2c3ccccc3-c3ccccc32)C1. The number of amides is 1. The number of aliphatic carboxylic acids is 1. The summed E-state index contributed by atoms with van der Waals surface area (Å²) in [4.78, 5) is 37.2. The van der Waals surface area contributed by atoms with Crippen LogP contribution < -0.4 is 0 Å². The highest BCUT2D eigenvalue weighted by Gasteiger charge is 2.59. The third-order valence-electron chi connectivity index (χ3n) is 5.59. The largest absolute Gasteiger partial charge is 0.480 e. The van der Waals surface area contributed by atoms with Gasteiger partial charge in [-0.1, -0.05) is 48.5 Å². The van der Waals surface area contributed by atoms with Crippen molar-refractivity contribution in [1.82, 2.24) is 4.90 Å². The first kappa shape index (κ1) is 19.0. The minimum Gasteiger partial charge on any atom is -0.480 e. The number of carbonyl (C=O) groups is 3. The van der Waals surface area contributed by atoms with Crippen LogP contribution >= 0.6 is 0 Å². The second-order valence-corrected chi connectivity index (χ2v) is 7.27. The predicted octanol–water partition coefficient (Wildman–Crippen LogP) is 2.89. The van der Waals surface area contributed by atoms with Crippen LogP contribution in [-0.4, -0.2) is 54.3 Å². The average molecular weight is 395 g/mol.